The van der Waals surface area contributed by atoms with Gasteiger partial charge in [-0.3, -0.25) is 4.79 Å². The minimum absolute atomic E-state index is 0.150. The number of hydrogen-bond donors (Lipinski definition) is 2. The number of halogens is 1. The Balaban J connectivity index is 2.15. The van der Waals surface area contributed by atoms with E-state index in [4.69, 9.17) is 0 Å². The van der Waals surface area contributed by atoms with E-state index in [9.17, 15) is 4.79 Å². The summed E-state index contributed by atoms with van der Waals surface area (Å²) in [5.74, 6) is 0.150. The molecule has 0 aromatic heterocycles. The molecule has 1 aliphatic heterocycles. The van der Waals surface area contributed by atoms with Crippen molar-refractivity contribution in [2.45, 2.75) is 39.2 Å². The van der Waals surface area contributed by atoms with Crippen molar-refractivity contribution < 1.29 is 4.79 Å². The first-order valence-corrected chi connectivity index (χ1v) is 7.15. The average molecular weight is 311 g/mol. The van der Waals surface area contributed by atoms with Crippen LogP contribution >= 0.6 is 15.9 Å². The van der Waals surface area contributed by atoms with Crippen molar-refractivity contribution in [2.24, 2.45) is 0 Å². The van der Waals surface area contributed by atoms with Crippen molar-refractivity contribution in [3.63, 3.8) is 0 Å². The van der Waals surface area contributed by atoms with Gasteiger partial charge in [0.1, 0.15) is 0 Å². The van der Waals surface area contributed by atoms with Crippen molar-refractivity contribution in [1.29, 1.82) is 0 Å². The Bertz CT molecular complexity index is 436. The third-order valence-electron chi connectivity index (χ3n) is 3.33. The van der Waals surface area contributed by atoms with Gasteiger partial charge in [-0.25, -0.2) is 0 Å². The monoisotopic (exact) mass is 310 g/mol. The molecule has 1 aromatic rings. The Morgan fingerprint density at radius 2 is 2.00 bits per heavy atom. The second-order valence-electron chi connectivity index (χ2n) is 4.95. The van der Waals surface area contributed by atoms with Crippen LogP contribution in [0.25, 0.3) is 0 Å². The van der Waals surface area contributed by atoms with Crippen molar-refractivity contribution in [3.8, 4) is 0 Å². The first-order chi connectivity index (χ1) is 8.56. The molecular weight excluding hydrogens is 292 g/mol. The van der Waals surface area contributed by atoms with Gasteiger partial charge in [-0.2, -0.15) is 0 Å². The molecule has 0 aliphatic carbocycles. The predicted molar refractivity (Wildman–Crippen MR) is 77.9 cm³/mol. The molecule has 2 N–H and O–H groups in total. The highest BCUT2D eigenvalue weighted by molar-refractivity contribution is 9.10. The van der Waals surface area contributed by atoms with E-state index in [1.165, 1.54) is 11.1 Å². The largest absolute Gasteiger partial charge is 0.381 e. The summed E-state index contributed by atoms with van der Waals surface area (Å²) in [6.45, 7) is 4.99. The lowest BCUT2D eigenvalue weighted by Crippen LogP contribution is -2.27. The molecule has 3 nitrogen and oxygen atoms in total. The Kier molecular flexibility index (Phi) is 4.27. The summed E-state index contributed by atoms with van der Waals surface area (Å²) in [6.07, 6.45) is 2.64. The van der Waals surface area contributed by atoms with Crippen molar-refractivity contribution in [1.82, 2.24) is 5.32 Å². The van der Waals surface area contributed by atoms with E-state index in [2.05, 4.69) is 52.5 Å². The Morgan fingerprint density at radius 1 is 1.33 bits per heavy atom. The zero-order chi connectivity index (χ0) is 13.1. The Hall–Kier alpha value is -1.03. The van der Waals surface area contributed by atoms with Gasteiger partial charge in [-0.1, -0.05) is 15.9 Å². The number of anilines is 1. The molecular formula is C14H19BrN2O. The third kappa shape index (κ3) is 3.25. The van der Waals surface area contributed by atoms with Crippen LogP contribution in [0.2, 0.25) is 0 Å². The molecule has 1 fully saturated rings. The first-order valence-electron chi connectivity index (χ1n) is 6.36. The maximum atomic E-state index is 11.5. The van der Waals surface area contributed by atoms with E-state index in [0.717, 1.165) is 29.5 Å². The summed E-state index contributed by atoms with van der Waals surface area (Å²) in [5, 5.41) is 6.45. The van der Waals surface area contributed by atoms with Gasteiger partial charge in [-0.15, -0.1) is 0 Å². The lowest BCUT2D eigenvalue weighted by atomic mass is 10.0. The molecule has 0 radical (unpaired) electrons. The minimum atomic E-state index is 0.150. The van der Waals surface area contributed by atoms with Crippen LogP contribution in [0.4, 0.5) is 5.69 Å². The zero-order valence-corrected chi connectivity index (χ0v) is 12.4. The highest BCUT2D eigenvalue weighted by Gasteiger charge is 2.18. The summed E-state index contributed by atoms with van der Waals surface area (Å²) in [5.41, 5.74) is 3.59. The van der Waals surface area contributed by atoms with Gasteiger partial charge in [-0.05, 0) is 49.9 Å². The number of amides is 1. The molecule has 1 amide bonds. The molecule has 1 unspecified atom stereocenters. The number of carbonyl (C=O) groups is 1. The minimum Gasteiger partial charge on any atom is -0.381 e. The molecule has 0 bridgehead atoms. The maximum Gasteiger partial charge on any atom is 0.222 e. The van der Waals surface area contributed by atoms with Gasteiger partial charge < -0.3 is 10.6 Å². The molecule has 0 saturated carbocycles. The zero-order valence-electron chi connectivity index (χ0n) is 10.8. The van der Waals surface area contributed by atoms with Gasteiger partial charge in [0.15, 0.2) is 0 Å². The smallest absolute Gasteiger partial charge is 0.222 e. The maximum absolute atomic E-state index is 11.5. The number of hydrogen-bond acceptors (Lipinski definition) is 2. The topological polar surface area (TPSA) is 41.1 Å². The number of rotatable bonds is 2. The van der Waals surface area contributed by atoms with E-state index in [0.29, 0.717) is 6.42 Å². The number of benzene rings is 1. The van der Waals surface area contributed by atoms with Crippen molar-refractivity contribution in [3.05, 3.63) is 27.7 Å². The highest BCUT2D eigenvalue weighted by atomic mass is 79.9. The van der Waals surface area contributed by atoms with Crippen LogP contribution in [0.3, 0.4) is 0 Å². The lowest BCUT2D eigenvalue weighted by Gasteiger charge is -2.20. The molecule has 1 heterocycles. The fourth-order valence-corrected chi connectivity index (χ4v) is 3.13. The van der Waals surface area contributed by atoms with Crippen LogP contribution in [0, 0.1) is 13.8 Å². The fourth-order valence-electron chi connectivity index (χ4n) is 2.44. The third-order valence-corrected chi connectivity index (χ3v) is 3.79. The second kappa shape index (κ2) is 5.74. The summed E-state index contributed by atoms with van der Waals surface area (Å²) >= 11 is 3.50. The van der Waals surface area contributed by atoms with E-state index < -0.39 is 0 Å². The van der Waals surface area contributed by atoms with Crippen molar-refractivity contribution >= 4 is 27.5 Å². The quantitative estimate of drug-likeness (QED) is 0.881. The average Bonchev–Trinajstić information content (AvgIpc) is 2.48. The first kappa shape index (κ1) is 13.4. The number of nitrogens with one attached hydrogen (secondary N) is 2. The number of aryl methyl sites for hydroxylation is 2. The summed E-state index contributed by atoms with van der Waals surface area (Å²) in [7, 11) is 0. The van der Waals surface area contributed by atoms with Gasteiger partial charge in [0.25, 0.3) is 0 Å². The molecule has 98 valence electrons. The molecule has 1 saturated heterocycles. The summed E-state index contributed by atoms with van der Waals surface area (Å²) in [4.78, 5) is 11.5. The Labute approximate surface area is 116 Å². The summed E-state index contributed by atoms with van der Waals surface area (Å²) < 4.78 is 1.10. The molecule has 1 atom stereocenters. The van der Waals surface area contributed by atoms with Gasteiger partial charge in [0.2, 0.25) is 5.91 Å². The molecule has 1 aromatic carbocycles. The highest BCUT2D eigenvalue weighted by Crippen LogP contribution is 2.27. The van der Waals surface area contributed by atoms with Crippen LogP contribution in [0.15, 0.2) is 16.6 Å². The molecule has 4 heteroatoms. The van der Waals surface area contributed by atoms with Crippen LogP contribution < -0.4 is 10.6 Å². The van der Waals surface area contributed by atoms with E-state index in [1.807, 2.05) is 0 Å². The van der Waals surface area contributed by atoms with Crippen LogP contribution in [0.5, 0.6) is 0 Å². The number of carbonyl (C=O) groups excluding carboxylic acids is 1. The SMILES string of the molecule is Cc1cc(Br)cc(C)c1NC1CCCNC(=O)C1. The normalized spacial score (nSPS) is 20.2. The Morgan fingerprint density at radius 3 is 2.67 bits per heavy atom. The lowest BCUT2D eigenvalue weighted by molar-refractivity contribution is -0.120. The van der Waals surface area contributed by atoms with Crippen LogP contribution in [-0.2, 0) is 4.79 Å². The second-order valence-corrected chi connectivity index (χ2v) is 5.87. The van der Waals surface area contributed by atoms with E-state index in [-0.39, 0.29) is 11.9 Å². The van der Waals surface area contributed by atoms with Gasteiger partial charge in [0.05, 0.1) is 0 Å². The summed E-state index contributed by atoms with van der Waals surface area (Å²) in [6, 6.07) is 4.45. The van der Waals surface area contributed by atoms with Gasteiger partial charge >= 0.3 is 0 Å². The van der Waals surface area contributed by atoms with E-state index >= 15 is 0 Å². The molecule has 0 spiro atoms. The molecule has 2 rings (SSSR count). The molecule has 1 aliphatic rings. The van der Waals surface area contributed by atoms with Crippen LogP contribution in [-0.4, -0.2) is 18.5 Å². The van der Waals surface area contributed by atoms with Gasteiger partial charge in [0, 0.05) is 29.2 Å². The van der Waals surface area contributed by atoms with Crippen LogP contribution in [0.1, 0.15) is 30.4 Å². The standard InChI is InChI=1S/C14H19BrN2O/c1-9-6-11(15)7-10(2)14(9)17-12-4-3-5-16-13(18)8-12/h6-7,12,17H,3-5,8H2,1-2H3,(H,16,18). The van der Waals surface area contributed by atoms with E-state index in [1.54, 1.807) is 0 Å². The van der Waals surface area contributed by atoms with Crippen molar-refractivity contribution in [2.75, 3.05) is 11.9 Å². The molecule has 18 heavy (non-hydrogen) atoms. The predicted octanol–water partition coefficient (Wildman–Crippen LogP) is 3.15. The fraction of sp³-hybridized carbons (Fsp3) is 0.500.